The highest BCUT2D eigenvalue weighted by atomic mass is 16.6. The molecule has 0 aromatic heterocycles. The van der Waals surface area contributed by atoms with Crippen LogP contribution in [0, 0.1) is 16.0 Å². The standard InChI is InChI=1S/C14H18N4O3/c1-14(7-15,9-2-3-9)17-11-6-10-8(5-13(19)16-10)4-12(11)18(20)21/h4,6,9,17H,2-3,5,7,15H2,1H3,(H,16,19). The maximum Gasteiger partial charge on any atom is 0.292 e. The number of hydrogen-bond acceptors (Lipinski definition) is 5. The first-order chi connectivity index (χ1) is 9.93. The SMILES string of the molecule is CC(CN)(Nc1cc2c(cc1[N+](=O)[O-])CC(=O)N2)C1CC1. The van der Waals surface area contributed by atoms with Gasteiger partial charge in [0, 0.05) is 23.8 Å². The topological polar surface area (TPSA) is 110 Å². The number of anilines is 2. The maximum atomic E-state index is 11.4. The number of fused-ring (bicyclic) bond motifs is 1. The van der Waals surface area contributed by atoms with Crippen LogP contribution in [-0.2, 0) is 11.2 Å². The molecular formula is C14H18N4O3. The number of nitrogens with zero attached hydrogens (tertiary/aromatic N) is 1. The Morgan fingerprint density at radius 3 is 2.81 bits per heavy atom. The monoisotopic (exact) mass is 290 g/mol. The normalized spacial score (nSPS) is 19.6. The number of carbonyl (C=O) groups excluding carboxylic acids is 1. The van der Waals surface area contributed by atoms with E-state index in [0.717, 1.165) is 12.8 Å². The van der Waals surface area contributed by atoms with Crippen LogP contribution in [0.15, 0.2) is 12.1 Å². The second kappa shape index (κ2) is 4.70. The van der Waals surface area contributed by atoms with Gasteiger partial charge in [-0.05, 0) is 37.3 Å². The van der Waals surface area contributed by atoms with Gasteiger partial charge in [-0.15, -0.1) is 0 Å². The lowest BCUT2D eigenvalue weighted by molar-refractivity contribution is -0.384. The molecule has 0 bridgehead atoms. The van der Waals surface area contributed by atoms with Crippen molar-refractivity contribution >= 4 is 23.0 Å². The van der Waals surface area contributed by atoms with Crippen molar-refractivity contribution < 1.29 is 9.72 Å². The van der Waals surface area contributed by atoms with Gasteiger partial charge in [0.15, 0.2) is 0 Å². The summed E-state index contributed by atoms with van der Waals surface area (Å²) in [5.74, 6) is 0.296. The summed E-state index contributed by atoms with van der Waals surface area (Å²) < 4.78 is 0. The van der Waals surface area contributed by atoms with E-state index in [-0.39, 0.29) is 23.6 Å². The summed E-state index contributed by atoms with van der Waals surface area (Å²) in [4.78, 5) is 22.3. The predicted octanol–water partition coefficient (Wildman–Crippen LogP) is 1.63. The summed E-state index contributed by atoms with van der Waals surface area (Å²) in [6.07, 6.45) is 2.35. The lowest BCUT2D eigenvalue weighted by Gasteiger charge is -2.30. The van der Waals surface area contributed by atoms with Gasteiger partial charge in [0.25, 0.3) is 5.69 Å². The molecule has 1 amide bonds. The van der Waals surface area contributed by atoms with E-state index in [9.17, 15) is 14.9 Å². The first-order valence-electron chi connectivity index (χ1n) is 7.02. The minimum Gasteiger partial charge on any atom is -0.373 e. The largest absolute Gasteiger partial charge is 0.373 e. The van der Waals surface area contributed by atoms with E-state index in [4.69, 9.17) is 5.73 Å². The van der Waals surface area contributed by atoms with Gasteiger partial charge in [0.1, 0.15) is 5.69 Å². The van der Waals surface area contributed by atoms with E-state index in [1.165, 1.54) is 6.07 Å². The molecule has 1 heterocycles. The zero-order valence-corrected chi connectivity index (χ0v) is 11.8. The molecule has 112 valence electrons. The van der Waals surface area contributed by atoms with Crippen LogP contribution in [0.1, 0.15) is 25.3 Å². The molecule has 0 saturated heterocycles. The van der Waals surface area contributed by atoms with E-state index in [0.29, 0.717) is 29.4 Å². The molecule has 1 aliphatic carbocycles. The van der Waals surface area contributed by atoms with Gasteiger partial charge in [-0.3, -0.25) is 14.9 Å². The second-order valence-electron chi connectivity index (χ2n) is 6.03. The summed E-state index contributed by atoms with van der Waals surface area (Å²) in [6, 6.07) is 3.12. The minimum atomic E-state index is -0.421. The Bertz CT molecular complexity index is 627. The molecule has 0 radical (unpaired) electrons. The van der Waals surface area contributed by atoms with Gasteiger partial charge in [-0.2, -0.15) is 0 Å². The van der Waals surface area contributed by atoms with Crippen molar-refractivity contribution in [3.8, 4) is 0 Å². The van der Waals surface area contributed by atoms with E-state index in [1.807, 2.05) is 6.92 Å². The Morgan fingerprint density at radius 1 is 1.52 bits per heavy atom. The second-order valence-corrected chi connectivity index (χ2v) is 6.03. The quantitative estimate of drug-likeness (QED) is 0.564. The smallest absolute Gasteiger partial charge is 0.292 e. The highest BCUT2D eigenvalue weighted by molar-refractivity contribution is 6.00. The molecule has 1 unspecified atom stereocenters. The van der Waals surface area contributed by atoms with Crippen LogP contribution in [0.3, 0.4) is 0 Å². The summed E-state index contributed by atoms with van der Waals surface area (Å²) in [6.45, 7) is 2.39. The van der Waals surface area contributed by atoms with Crippen LogP contribution in [-0.4, -0.2) is 22.9 Å². The molecule has 1 atom stereocenters. The number of nitrogens with two attached hydrogens (primary N) is 1. The van der Waals surface area contributed by atoms with Crippen LogP contribution < -0.4 is 16.4 Å². The van der Waals surface area contributed by atoms with Crippen LogP contribution in [0.4, 0.5) is 17.1 Å². The molecule has 4 N–H and O–H groups in total. The number of benzene rings is 1. The molecular weight excluding hydrogens is 272 g/mol. The molecule has 1 aromatic carbocycles. The fraction of sp³-hybridized carbons (Fsp3) is 0.500. The number of amides is 1. The van der Waals surface area contributed by atoms with Crippen molar-refractivity contribution in [2.75, 3.05) is 17.2 Å². The maximum absolute atomic E-state index is 11.4. The fourth-order valence-electron chi connectivity index (χ4n) is 2.86. The van der Waals surface area contributed by atoms with Crippen molar-refractivity contribution in [3.63, 3.8) is 0 Å². The van der Waals surface area contributed by atoms with Gasteiger partial charge in [-0.25, -0.2) is 0 Å². The van der Waals surface area contributed by atoms with Gasteiger partial charge in [0.2, 0.25) is 5.91 Å². The van der Waals surface area contributed by atoms with Crippen molar-refractivity contribution in [3.05, 3.63) is 27.8 Å². The van der Waals surface area contributed by atoms with Gasteiger partial charge in [-0.1, -0.05) is 0 Å². The van der Waals surface area contributed by atoms with E-state index >= 15 is 0 Å². The fourth-order valence-corrected chi connectivity index (χ4v) is 2.86. The molecule has 1 fully saturated rings. The average molecular weight is 290 g/mol. The third-order valence-electron chi connectivity index (χ3n) is 4.37. The molecule has 21 heavy (non-hydrogen) atoms. The van der Waals surface area contributed by atoms with Gasteiger partial charge < -0.3 is 16.4 Å². The summed E-state index contributed by atoms with van der Waals surface area (Å²) in [5, 5.41) is 17.3. The molecule has 1 saturated carbocycles. The molecule has 7 nitrogen and oxygen atoms in total. The number of nitrogens with one attached hydrogen (secondary N) is 2. The Balaban J connectivity index is 1.99. The van der Waals surface area contributed by atoms with Crippen LogP contribution in [0.5, 0.6) is 0 Å². The van der Waals surface area contributed by atoms with Gasteiger partial charge in [0.05, 0.1) is 11.3 Å². The average Bonchev–Trinajstić information content (AvgIpc) is 3.21. The number of nitro groups is 1. The Morgan fingerprint density at radius 2 is 2.24 bits per heavy atom. The number of rotatable bonds is 5. The predicted molar refractivity (Wildman–Crippen MR) is 79.2 cm³/mol. The van der Waals surface area contributed by atoms with Crippen LogP contribution in [0.2, 0.25) is 0 Å². The Hall–Kier alpha value is -2.15. The number of nitro benzene ring substituents is 1. The highest BCUT2D eigenvalue weighted by Crippen LogP contribution is 2.43. The van der Waals surface area contributed by atoms with Gasteiger partial charge >= 0.3 is 0 Å². The van der Waals surface area contributed by atoms with Crippen molar-refractivity contribution in [1.82, 2.24) is 0 Å². The number of carbonyl (C=O) groups is 1. The van der Waals surface area contributed by atoms with Crippen LogP contribution in [0.25, 0.3) is 0 Å². The third-order valence-corrected chi connectivity index (χ3v) is 4.37. The zero-order chi connectivity index (χ0) is 15.2. The van der Waals surface area contributed by atoms with E-state index < -0.39 is 4.92 Å². The summed E-state index contributed by atoms with van der Waals surface area (Å²) in [7, 11) is 0. The molecule has 7 heteroatoms. The molecule has 2 aliphatic rings. The van der Waals surface area contributed by atoms with Crippen molar-refractivity contribution in [2.24, 2.45) is 11.7 Å². The molecule has 1 aromatic rings. The molecule has 0 spiro atoms. The lowest BCUT2D eigenvalue weighted by Crippen LogP contribution is -2.44. The van der Waals surface area contributed by atoms with Crippen molar-refractivity contribution in [2.45, 2.75) is 31.7 Å². The molecule has 3 rings (SSSR count). The Labute approximate surface area is 122 Å². The first-order valence-corrected chi connectivity index (χ1v) is 7.02. The van der Waals surface area contributed by atoms with E-state index in [1.54, 1.807) is 6.07 Å². The minimum absolute atomic E-state index is 0.00873. The summed E-state index contributed by atoms with van der Waals surface area (Å²) >= 11 is 0. The summed E-state index contributed by atoms with van der Waals surface area (Å²) in [5.41, 5.74) is 7.21. The van der Waals surface area contributed by atoms with Crippen molar-refractivity contribution in [1.29, 1.82) is 0 Å². The highest BCUT2D eigenvalue weighted by Gasteiger charge is 2.41. The Kier molecular flexibility index (Phi) is 3.09. The zero-order valence-electron chi connectivity index (χ0n) is 11.8. The number of hydrogen-bond donors (Lipinski definition) is 3. The lowest BCUT2D eigenvalue weighted by atomic mass is 9.95. The molecule has 1 aliphatic heterocycles. The van der Waals surface area contributed by atoms with Crippen LogP contribution >= 0.6 is 0 Å². The first kappa shape index (κ1) is 13.8. The van der Waals surface area contributed by atoms with E-state index in [2.05, 4.69) is 10.6 Å². The third kappa shape index (κ3) is 2.44.